The molecule has 1 fully saturated rings. The molecule has 0 saturated carbocycles. The fraction of sp³-hybridized carbons (Fsp3) is 0.538. The first-order valence-electron chi connectivity index (χ1n) is 6.70. The van der Waals surface area contributed by atoms with E-state index in [0.29, 0.717) is 25.3 Å². The van der Waals surface area contributed by atoms with Gasteiger partial charge in [0.2, 0.25) is 0 Å². The first kappa shape index (κ1) is 14.3. The standard InChI is InChI=1S/C13H21N3O2S/c1-2-14-11-12-7-3-4-8-13(12)15-19(17,18)16-9-5-6-10-16/h3-4,7-8,14-15H,2,5-6,9-11H2,1H3. The predicted octanol–water partition coefficient (Wildman–Crippen LogP) is 1.55. The Morgan fingerprint density at radius 2 is 1.89 bits per heavy atom. The van der Waals surface area contributed by atoms with Gasteiger partial charge < -0.3 is 5.32 Å². The molecule has 5 nitrogen and oxygen atoms in total. The highest BCUT2D eigenvalue weighted by molar-refractivity contribution is 7.90. The van der Waals surface area contributed by atoms with Crippen molar-refractivity contribution >= 4 is 15.9 Å². The molecule has 1 aliphatic heterocycles. The van der Waals surface area contributed by atoms with E-state index in [1.165, 1.54) is 4.31 Å². The summed E-state index contributed by atoms with van der Waals surface area (Å²) in [4.78, 5) is 0. The fourth-order valence-electron chi connectivity index (χ4n) is 2.17. The van der Waals surface area contributed by atoms with Crippen LogP contribution < -0.4 is 10.0 Å². The van der Waals surface area contributed by atoms with Gasteiger partial charge in [0.25, 0.3) is 0 Å². The number of para-hydroxylation sites is 1. The molecule has 0 aromatic heterocycles. The van der Waals surface area contributed by atoms with Crippen LogP contribution in [-0.4, -0.2) is 32.4 Å². The summed E-state index contributed by atoms with van der Waals surface area (Å²) in [6.07, 6.45) is 1.89. The molecule has 6 heteroatoms. The molecule has 0 unspecified atom stereocenters. The SMILES string of the molecule is CCNCc1ccccc1NS(=O)(=O)N1CCCC1. The Hall–Kier alpha value is -1.11. The summed E-state index contributed by atoms with van der Waals surface area (Å²) in [6, 6.07) is 7.50. The summed E-state index contributed by atoms with van der Waals surface area (Å²) in [7, 11) is -3.41. The minimum atomic E-state index is -3.41. The zero-order valence-electron chi connectivity index (χ0n) is 11.2. The first-order chi connectivity index (χ1) is 9.13. The van der Waals surface area contributed by atoms with Crippen molar-refractivity contribution in [3.05, 3.63) is 29.8 Å². The lowest BCUT2D eigenvalue weighted by atomic mass is 10.2. The van der Waals surface area contributed by atoms with E-state index in [1.807, 2.05) is 25.1 Å². The summed E-state index contributed by atoms with van der Waals surface area (Å²) >= 11 is 0. The van der Waals surface area contributed by atoms with Crippen molar-refractivity contribution in [1.29, 1.82) is 0 Å². The molecule has 19 heavy (non-hydrogen) atoms. The van der Waals surface area contributed by atoms with Gasteiger partial charge in [-0.15, -0.1) is 0 Å². The molecular formula is C13H21N3O2S. The summed E-state index contributed by atoms with van der Waals surface area (Å²) < 4.78 is 28.7. The molecule has 0 radical (unpaired) electrons. The van der Waals surface area contributed by atoms with Crippen LogP contribution in [0, 0.1) is 0 Å². The van der Waals surface area contributed by atoms with E-state index in [1.54, 1.807) is 6.07 Å². The van der Waals surface area contributed by atoms with Crippen LogP contribution in [0.25, 0.3) is 0 Å². The predicted molar refractivity (Wildman–Crippen MR) is 77.2 cm³/mol. The zero-order chi connectivity index (χ0) is 13.7. The summed E-state index contributed by atoms with van der Waals surface area (Å²) in [5, 5.41) is 3.21. The number of nitrogens with one attached hydrogen (secondary N) is 2. The normalized spacial score (nSPS) is 16.7. The van der Waals surface area contributed by atoms with Gasteiger partial charge in [-0.05, 0) is 31.0 Å². The largest absolute Gasteiger partial charge is 0.313 e. The highest BCUT2D eigenvalue weighted by Gasteiger charge is 2.25. The quantitative estimate of drug-likeness (QED) is 0.832. The van der Waals surface area contributed by atoms with Gasteiger partial charge in [-0.25, -0.2) is 0 Å². The number of hydrogen-bond donors (Lipinski definition) is 2. The molecule has 0 amide bonds. The highest BCUT2D eigenvalue weighted by Crippen LogP contribution is 2.20. The van der Waals surface area contributed by atoms with E-state index < -0.39 is 10.2 Å². The summed E-state index contributed by atoms with van der Waals surface area (Å²) in [5.41, 5.74) is 1.63. The van der Waals surface area contributed by atoms with Crippen LogP contribution in [0.5, 0.6) is 0 Å². The van der Waals surface area contributed by atoms with E-state index in [4.69, 9.17) is 0 Å². The van der Waals surface area contributed by atoms with Gasteiger partial charge in [0, 0.05) is 19.6 Å². The molecule has 2 rings (SSSR count). The number of nitrogens with zero attached hydrogens (tertiary/aromatic N) is 1. The van der Waals surface area contributed by atoms with Crippen LogP contribution in [0.3, 0.4) is 0 Å². The lowest BCUT2D eigenvalue weighted by Crippen LogP contribution is -2.33. The molecule has 1 aliphatic rings. The van der Waals surface area contributed by atoms with Crippen LogP contribution in [-0.2, 0) is 16.8 Å². The van der Waals surface area contributed by atoms with Crippen molar-refractivity contribution in [2.45, 2.75) is 26.3 Å². The molecule has 1 heterocycles. The number of anilines is 1. The van der Waals surface area contributed by atoms with E-state index in [-0.39, 0.29) is 0 Å². The van der Waals surface area contributed by atoms with E-state index in [2.05, 4.69) is 10.0 Å². The van der Waals surface area contributed by atoms with Crippen molar-refractivity contribution in [2.24, 2.45) is 0 Å². The van der Waals surface area contributed by atoms with E-state index >= 15 is 0 Å². The second-order valence-electron chi connectivity index (χ2n) is 4.65. The van der Waals surface area contributed by atoms with Crippen LogP contribution in [0.1, 0.15) is 25.3 Å². The maximum absolute atomic E-state index is 12.2. The van der Waals surface area contributed by atoms with E-state index in [0.717, 1.165) is 24.9 Å². The molecule has 1 aromatic rings. The van der Waals surface area contributed by atoms with E-state index in [9.17, 15) is 8.42 Å². The first-order valence-corrected chi connectivity index (χ1v) is 8.14. The molecule has 2 N–H and O–H groups in total. The Labute approximate surface area is 115 Å². The maximum Gasteiger partial charge on any atom is 0.301 e. The molecular weight excluding hydrogens is 262 g/mol. The smallest absolute Gasteiger partial charge is 0.301 e. The molecule has 1 aromatic carbocycles. The van der Waals surface area contributed by atoms with Crippen molar-refractivity contribution in [2.75, 3.05) is 24.4 Å². The molecule has 0 aliphatic carbocycles. The second kappa shape index (κ2) is 6.36. The number of rotatable bonds is 6. The van der Waals surface area contributed by atoms with Crippen molar-refractivity contribution in [3.8, 4) is 0 Å². The Kier molecular flexibility index (Phi) is 4.79. The van der Waals surface area contributed by atoms with Gasteiger partial charge in [0.15, 0.2) is 0 Å². The summed E-state index contributed by atoms with van der Waals surface area (Å²) in [5.74, 6) is 0. The maximum atomic E-state index is 12.2. The zero-order valence-corrected chi connectivity index (χ0v) is 12.0. The van der Waals surface area contributed by atoms with Crippen LogP contribution in [0.2, 0.25) is 0 Å². The third-order valence-corrected chi connectivity index (χ3v) is 4.75. The topological polar surface area (TPSA) is 61.4 Å². The lowest BCUT2D eigenvalue weighted by molar-refractivity contribution is 0.482. The van der Waals surface area contributed by atoms with Gasteiger partial charge in [-0.2, -0.15) is 12.7 Å². The van der Waals surface area contributed by atoms with Gasteiger partial charge >= 0.3 is 10.2 Å². The Bertz CT molecular complexity index is 510. The molecule has 0 atom stereocenters. The van der Waals surface area contributed by atoms with Crippen LogP contribution in [0.4, 0.5) is 5.69 Å². The van der Waals surface area contributed by atoms with Crippen LogP contribution >= 0.6 is 0 Å². The van der Waals surface area contributed by atoms with Crippen molar-refractivity contribution < 1.29 is 8.42 Å². The molecule has 0 bridgehead atoms. The molecule has 106 valence electrons. The molecule has 1 saturated heterocycles. The molecule has 0 spiro atoms. The van der Waals surface area contributed by atoms with Crippen molar-refractivity contribution in [3.63, 3.8) is 0 Å². The lowest BCUT2D eigenvalue weighted by Gasteiger charge is -2.18. The number of benzene rings is 1. The fourth-order valence-corrected chi connectivity index (χ4v) is 3.51. The van der Waals surface area contributed by atoms with Crippen molar-refractivity contribution in [1.82, 2.24) is 9.62 Å². The number of hydrogen-bond acceptors (Lipinski definition) is 3. The Morgan fingerprint density at radius 1 is 1.21 bits per heavy atom. The summed E-state index contributed by atoms with van der Waals surface area (Å²) in [6.45, 7) is 4.77. The average molecular weight is 283 g/mol. The second-order valence-corrected chi connectivity index (χ2v) is 6.32. The van der Waals surface area contributed by atoms with Gasteiger partial charge in [-0.1, -0.05) is 25.1 Å². The highest BCUT2D eigenvalue weighted by atomic mass is 32.2. The van der Waals surface area contributed by atoms with Gasteiger partial charge in [0.1, 0.15) is 0 Å². The third-order valence-electron chi connectivity index (χ3n) is 3.23. The van der Waals surface area contributed by atoms with Crippen LogP contribution in [0.15, 0.2) is 24.3 Å². The third kappa shape index (κ3) is 3.68. The van der Waals surface area contributed by atoms with Gasteiger partial charge in [0.05, 0.1) is 5.69 Å². The Balaban J connectivity index is 2.13. The monoisotopic (exact) mass is 283 g/mol. The minimum Gasteiger partial charge on any atom is -0.313 e. The average Bonchev–Trinajstić information content (AvgIpc) is 2.92. The van der Waals surface area contributed by atoms with Gasteiger partial charge in [-0.3, -0.25) is 4.72 Å². The Morgan fingerprint density at radius 3 is 2.58 bits per heavy atom. The minimum absolute atomic E-state index is 0.616.